The minimum absolute atomic E-state index is 0.0827. The van der Waals surface area contributed by atoms with E-state index >= 15 is 0 Å². The van der Waals surface area contributed by atoms with Gasteiger partial charge in [0.15, 0.2) is 11.6 Å². The van der Waals surface area contributed by atoms with Crippen LogP contribution in [0, 0.1) is 0 Å². The van der Waals surface area contributed by atoms with Gasteiger partial charge in [0.05, 0.1) is 20.8 Å². The molecule has 0 aliphatic heterocycles. The van der Waals surface area contributed by atoms with Gasteiger partial charge in [-0.15, -0.1) is 0 Å². The second-order valence-corrected chi connectivity index (χ2v) is 6.02. The lowest BCUT2D eigenvalue weighted by Crippen LogP contribution is -2.29. The third kappa shape index (κ3) is 5.66. The largest absolute Gasteiger partial charge is 0.496 e. The number of hydrogen-bond acceptors (Lipinski definition) is 9. The molecule has 0 aliphatic rings. The number of Topliss-reactive ketones (excluding diaryl/α,β-unsaturated/α-hetero) is 2. The summed E-state index contributed by atoms with van der Waals surface area (Å²) in [4.78, 5) is 43.6. The molecule has 0 aliphatic carbocycles. The zero-order chi connectivity index (χ0) is 22.1. The number of hydrogen-bond donors (Lipinski definition) is 1. The summed E-state index contributed by atoms with van der Waals surface area (Å²) in [5.41, 5.74) is 0.340. The van der Waals surface area contributed by atoms with E-state index in [4.69, 9.17) is 18.9 Å². The highest BCUT2D eigenvalue weighted by atomic mass is 16.6. The van der Waals surface area contributed by atoms with Crippen molar-refractivity contribution in [3.8, 4) is 23.3 Å². The zero-order valence-corrected chi connectivity index (χ0v) is 17.2. The maximum atomic E-state index is 12.0. The molecule has 10 heteroatoms. The van der Waals surface area contributed by atoms with E-state index < -0.39 is 6.09 Å². The maximum Gasteiger partial charge on any atom is 0.413 e. The van der Waals surface area contributed by atoms with Crippen LogP contribution >= 0.6 is 0 Å². The Morgan fingerprint density at radius 2 is 1.43 bits per heavy atom. The molecule has 0 aromatic carbocycles. The zero-order valence-electron chi connectivity index (χ0n) is 17.2. The predicted octanol–water partition coefficient (Wildman–Crippen LogP) is 2.46. The molecule has 10 nitrogen and oxygen atoms in total. The highest BCUT2D eigenvalue weighted by Crippen LogP contribution is 2.27. The van der Waals surface area contributed by atoms with Crippen molar-refractivity contribution >= 4 is 17.7 Å². The smallest absolute Gasteiger partial charge is 0.413 e. The number of carbonyl (C=O) groups excluding carboxylic acids is 3. The predicted molar refractivity (Wildman–Crippen MR) is 106 cm³/mol. The van der Waals surface area contributed by atoms with Gasteiger partial charge in [-0.3, -0.25) is 9.59 Å². The van der Waals surface area contributed by atoms with Gasteiger partial charge in [0.25, 0.3) is 0 Å². The van der Waals surface area contributed by atoms with E-state index in [0.717, 1.165) is 0 Å². The lowest BCUT2D eigenvalue weighted by atomic mass is 10.2. The quantitative estimate of drug-likeness (QED) is 0.458. The van der Waals surface area contributed by atoms with Crippen molar-refractivity contribution < 1.29 is 33.3 Å². The first-order valence-electron chi connectivity index (χ1n) is 9.05. The number of ether oxygens (including phenoxy) is 4. The van der Waals surface area contributed by atoms with Gasteiger partial charge in [0.2, 0.25) is 11.8 Å². The van der Waals surface area contributed by atoms with Gasteiger partial charge >= 0.3 is 6.09 Å². The summed E-state index contributed by atoms with van der Waals surface area (Å²) in [6, 6.07) is 3.07. The molecular weight excluding hydrogens is 394 g/mol. The van der Waals surface area contributed by atoms with E-state index in [0.29, 0.717) is 12.2 Å². The molecule has 0 atom stereocenters. The molecule has 0 unspecified atom stereocenters. The fourth-order valence-electron chi connectivity index (χ4n) is 2.58. The minimum Gasteiger partial charge on any atom is -0.496 e. The number of nitrogens with one attached hydrogen (secondary N) is 1. The molecule has 1 amide bonds. The van der Waals surface area contributed by atoms with Crippen LogP contribution in [0.1, 0.15) is 41.0 Å². The second-order valence-electron chi connectivity index (χ2n) is 6.02. The SMILES string of the molecule is COc1ccnc(OCCCNC(=O)Oc2nccc(OC)c2C(C)=O)c1C(C)=O. The third-order valence-corrected chi connectivity index (χ3v) is 3.92. The molecule has 0 spiro atoms. The van der Waals surface area contributed by atoms with Crippen molar-refractivity contribution in [1.82, 2.24) is 15.3 Å². The number of ketones is 2. The summed E-state index contributed by atoms with van der Waals surface area (Å²) in [6.45, 7) is 3.13. The van der Waals surface area contributed by atoms with Crippen LogP contribution in [-0.2, 0) is 0 Å². The van der Waals surface area contributed by atoms with Crippen LogP contribution in [0.2, 0.25) is 0 Å². The Morgan fingerprint density at radius 3 is 1.97 bits per heavy atom. The van der Waals surface area contributed by atoms with E-state index in [1.807, 2.05) is 0 Å². The minimum atomic E-state index is -0.776. The Bertz CT molecular complexity index is 931. The van der Waals surface area contributed by atoms with Crippen molar-refractivity contribution in [2.45, 2.75) is 20.3 Å². The summed E-state index contributed by atoms with van der Waals surface area (Å²) >= 11 is 0. The summed E-state index contributed by atoms with van der Waals surface area (Å²) in [5, 5.41) is 2.54. The Kier molecular flexibility index (Phi) is 8.09. The standard InChI is InChI=1S/C20H23N3O7/c1-12(24)16-14(27-3)6-9-21-18(16)29-11-5-8-23-20(26)30-19-17(13(2)25)15(28-4)7-10-22-19/h6-7,9-10H,5,8,11H2,1-4H3,(H,23,26). The van der Waals surface area contributed by atoms with Crippen LogP contribution in [0.25, 0.3) is 0 Å². The normalized spacial score (nSPS) is 10.1. The number of amides is 1. The molecular formula is C20H23N3O7. The highest BCUT2D eigenvalue weighted by Gasteiger charge is 2.19. The lowest BCUT2D eigenvalue weighted by molar-refractivity contribution is 0.0997. The van der Waals surface area contributed by atoms with Crippen LogP contribution in [-0.4, -0.2) is 55.0 Å². The third-order valence-electron chi connectivity index (χ3n) is 3.92. The average Bonchev–Trinajstić information content (AvgIpc) is 2.72. The molecule has 0 radical (unpaired) electrons. The molecule has 0 saturated heterocycles. The molecule has 2 aromatic rings. The molecule has 2 aromatic heterocycles. The number of rotatable bonds is 10. The van der Waals surface area contributed by atoms with Crippen molar-refractivity contribution in [1.29, 1.82) is 0 Å². The Balaban J connectivity index is 1.87. The van der Waals surface area contributed by atoms with Crippen LogP contribution in [0.5, 0.6) is 23.3 Å². The van der Waals surface area contributed by atoms with Gasteiger partial charge in [-0.2, -0.15) is 0 Å². The molecule has 0 fully saturated rings. The van der Waals surface area contributed by atoms with Gasteiger partial charge in [0.1, 0.15) is 22.6 Å². The summed E-state index contributed by atoms with van der Waals surface area (Å²) in [7, 11) is 2.86. The van der Waals surface area contributed by atoms with E-state index in [1.54, 1.807) is 6.07 Å². The number of methoxy groups -OCH3 is 2. The Morgan fingerprint density at radius 1 is 0.900 bits per heavy atom. The fourth-order valence-corrected chi connectivity index (χ4v) is 2.58. The molecule has 1 N–H and O–H groups in total. The molecule has 160 valence electrons. The number of carbonyl (C=O) groups is 3. The van der Waals surface area contributed by atoms with E-state index in [-0.39, 0.29) is 53.4 Å². The topological polar surface area (TPSA) is 126 Å². The summed E-state index contributed by atoms with van der Waals surface area (Å²) < 4.78 is 20.9. The van der Waals surface area contributed by atoms with Crippen molar-refractivity contribution in [3.63, 3.8) is 0 Å². The number of pyridine rings is 2. The molecule has 2 heterocycles. The Labute approximate surface area is 173 Å². The van der Waals surface area contributed by atoms with E-state index in [1.165, 1.54) is 46.5 Å². The molecule has 30 heavy (non-hydrogen) atoms. The summed E-state index contributed by atoms with van der Waals surface area (Å²) in [5.74, 6) is 0.0901. The van der Waals surface area contributed by atoms with Gasteiger partial charge in [-0.25, -0.2) is 14.8 Å². The number of aromatic nitrogens is 2. The monoisotopic (exact) mass is 417 g/mol. The first-order chi connectivity index (χ1) is 14.4. The van der Waals surface area contributed by atoms with Crippen molar-refractivity contribution in [2.24, 2.45) is 0 Å². The van der Waals surface area contributed by atoms with Crippen LogP contribution in [0.15, 0.2) is 24.5 Å². The van der Waals surface area contributed by atoms with Crippen molar-refractivity contribution in [3.05, 3.63) is 35.7 Å². The summed E-state index contributed by atoms with van der Waals surface area (Å²) in [6.07, 6.45) is 2.48. The van der Waals surface area contributed by atoms with Crippen LogP contribution < -0.4 is 24.3 Å². The fraction of sp³-hybridized carbons (Fsp3) is 0.350. The lowest BCUT2D eigenvalue weighted by Gasteiger charge is -2.12. The van der Waals surface area contributed by atoms with Crippen LogP contribution in [0.3, 0.4) is 0 Å². The molecule has 2 rings (SSSR count). The highest BCUT2D eigenvalue weighted by molar-refractivity contribution is 5.99. The molecule has 0 saturated carbocycles. The Hall–Kier alpha value is -3.69. The van der Waals surface area contributed by atoms with Crippen LogP contribution in [0.4, 0.5) is 4.79 Å². The van der Waals surface area contributed by atoms with Gasteiger partial charge < -0.3 is 24.3 Å². The number of nitrogens with zero attached hydrogens (tertiary/aromatic N) is 2. The van der Waals surface area contributed by atoms with E-state index in [9.17, 15) is 14.4 Å². The second kappa shape index (κ2) is 10.7. The average molecular weight is 417 g/mol. The van der Waals surface area contributed by atoms with Gasteiger partial charge in [-0.1, -0.05) is 0 Å². The maximum absolute atomic E-state index is 12.0. The first-order valence-corrected chi connectivity index (χ1v) is 9.05. The first kappa shape index (κ1) is 22.6. The van der Waals surface area contributed by atoms with Gasteiger partial charge in [-0.05, 0) is 32.4 Å². The van der Waals surface area contributed by atoms with Crippen molar-refractivity contribution in [2.75, 3.05) is 27.4 Å². The van der Waals surface area contributed by atoms with Gasteiger partial charge in [0, 0.05) is 18.9 Å². The van der Waals surface area contributed by atoms with E-state index in [2.05, 4.69) is 15.3 Å². The molecule has 0 bridgehead atoms.